The van der Waals surface area contributed by atoms with Crippen LogP contribution in [0.3, 0.4) is 0 Å². The Morgan fingerprint density at radius 1 is 0.680 bits per heavy atom. The van der Waals surface area contributed by atoms with Crippen LogP contribution in [-0.2, 0) is 28.5 Å². The lowest BCUT2D eigenvalue weighted by Gasteiger charge is -2.27. The molecule has 0 aliphatic rings. The standard InChI is InChI=1S/C8H5F11O6/c1-2-21-3(20)4(9,10)22-6(14,15)24-8(18,19)25-7(16,17)23-5(11,12)13/h2H2,1H3. The number of carbonyl (C=O) groups is 1. The van der Waals surface area contributed by atoms with Crippen molar-refractivity contribution >= 4 is 5.97 Å². The molecule has 0 saturated heterocycles. The fraction of sp³-hybridized carbons (Fsp3) is 0.875. The number of hydrogen-bond acceptors (Lipinski definition) is 6. The molecule has 0 atom stereocenters. The zero-order valence-corrected chi connectivity index (χ0v) is 11.3. The van der Waals surface area contributed by atoms with E-state index in [2.05, 4.69) is 9.47 Å². The van der Waals surface area contributed by atoms with Crippen LogP contribution in [0.4, 0.5) is 48.3 Å². The minimum atomic E-state index is -6.34. The Morgan fingerprint density at radius 2 is 1.04 bits per heavy atom. The van der Waals surface area contributed by atoms with E-state index in [4.69, 9.17) is 0 Å². The van der Waals surface area contributed by atoms with Gasteiger partial charge in [-0.25, -0.2) is 19.0 Å². The molecule has 0 aliphatic carbocycles. The molecule has 0 aromatic heterocycles. The van der Waals surface area contributed by atoms with Crippen LogP contribution < -0.4 is 0 Å². The first-order chi connectivity index (χ1) is 10.8. The third-order valence-electron chi connectivity index (χ3n) is 1.47. The molecule has 0 fully saturated rings. The van der Waals surface area contributed by atoms with E-state index in [0.29, 0.717) is 0 Å². The van der Waals surface area contributed by atoms with Gasteiger partial charge in [-0.3, -0.25) is 0 Å². The van der Waals surface area contributed by atoms with Crippen LogP contribution in [0.1, 0.15) is 6.92 Å². The van der Waals surface area contributed by atoms with Crippen molar-refractivity contribution in [2.45, 2.75) is 38.3 Å². The highest BCUT2D eigenvalue weighted by Crippen LogP contribution is 2.39. The lowest BCUT2D eigenvalue weighted by molar-refractivity contribution is -0.608. The molecule has 0 aliphatic heterocycles. The molecule has 0 unspecified atom stereocenters. The summed E-state index contributed by atoms with van der Waals surface area (Å²) in [4.78, 5) is 10.5. The first kappa shape index (κ1) is 23.5. The monoisotopic (exact) mass is 406 g/mol. The molecular weight excluding hydrogens is 401 g/mol. The number of esters is 1. The van der Waals surface area contributed by atoms with Crippen molar-refractivity contribution in [3.05, 3.63) is 0 Å². The lowest BCUT2D eigenvalue weighted by Crippen LogP contribution is -2.48. The van der Waals surface area contributed by atoms with E-state index in [1.165, 1.54) is 0 Å². The molecule has 0 spiro atoms. The summed E-state index contributed by atoms with van der Waals surface area (Å²) >= 11 is 0. The Kier molecular flexibility index (Phi) is 6.99. The second-order valence-electron chi connectivity index (χ2n) is 3.48. The van der Waals surface area contributed by atoms with Crippen LogP contribution in [0.2, 0.25) is 0 Å². The highest BCUT2D eigenvalue weighted by Gasteiger charge is 2.61. The minimum Gasteiger partial charge on any atom is -0.460 e. The summed E-state index contributed by atoms with van der Waals surface area (Å²) in [5, 5.41) is 0. The first-order valence-corrected chi connectivity index (χ1v) is 5.37. The SMILES string of the molecule is CCOC(=O)C(F)(F)OC(F)(F)OC(F)(F)OC(F)(F)OC(F)(F)F. The second-order valence-corrected chi connectivity index (χ2v) is 3.48. The molecule has 0 rings (SSSR count). The smallest absolute Gasteiger partial charge is 0.460 e. The molecule has 0 heterocycles. The fourth-order valence-electron chi connectivity index (χ4n) is 0.880. The highest BCUT2D eigenvalue weighted by atomic mass is 19.4. The van der Waals surface area contributed by atoms with E-state index in [1.54, 1.807) is 4.74 Å². The zero-order chi connectivity index (χ0) is 20.3. The molecule has 25 heavy (non-hydrogen) atoms. The lowest BCUT2D eigenvalue weighted by atomic mass is 10.6. The van der Waals surface area contributed by atoms with Gasteiger partial charge in [0.05, 0.1) is 6.61 Å². The summed E-state index contributed by atoms with van der Waals surface area (Å²) in [6.45, 7) is 0.151. The van der Waals surface area contributed by atoms with Gasteiger partial charge in [0.1, 0.15) is 0 Å². The number of ether oxygens (including phenoxy) is 5. The third kappa shape index (κ3) is 9.56. The molecule has 0 amide bonds. The Bertz CT molecular complexity index is 462. The average molecular weight is 406 g/mol. The minimum absolute atomic E-state index is 0.787. The zero-order valence-electron chi connectivity index (χ0n) is 11.3. The number of hydrogen-bond donors (Lipinski definition) is 0. The predicted molar refractivity (Wildman–Crippen MR) is 46.8 cm³/mol. The molecular formula is C8H5F11O6. The predicted octanol–water partition coefficient (Wildman–Crippen LogP) is 3.38. The summed E-state index contributed by atoms with van der Waals surface area (Å²) in [6, 6.07) is 0. The van der Waals surface area contributed by atoms with Crippen LogP contribution in [-0.4, -0.2) is 43.9 Å². The molecule has 0 bridgehead atoms. The van der Waals surface area contributed by atoms with E-state index in [0.717, 1.165) is 6.92 Å². The maximum absolute atomic E-state index is 12.8. The van der Waals surface area contributed by atoms with Crippen molar-refractivity contribution in [2.24, 2.45) is 0 Å². The van der Waals surface area contributed by atoms with Crippen LogP contribution in [0, 0.1) is 0 Å². The van der Waals surface area contributed by atoms with Crippen molar-refractivity contribution in [1.29, 1.82) is 0 Å². The van der Waals surface area contributed by atoms with E-state index in [9.17, 15) is 53.1 Å². The summed E-state index contributed by atoms with van der Waals surface area (Å²) in [5.41, 5.74) is 0. The molecule has 0 aromatic rings. The number of alkyl halides is 11. The molecule has 0 aromatic carbocycles. The summed E-state index contributed by atoms with van der Waals surface area (Å²) in [5.74, 6) is -2.80. The number of carbonyl (C=O) groups excluding carboxylic acids is 1. The van der Waals surface area contributed by atoms with Gasteiger partial charge in [-0.15, -0.1) is 39.5 Å². The van der Waals surface area contributed by atoms with Gasteiger partial charge >= 0.3 is 37.3 Å². The van der Waals surface area contributed by atoms with Crippen molar-refractivity contribution in [3.8, 4) is 0 Å². The molecule has 0 saturated carbocycles. The topological polar surface area (TPSA) is 63.2 Å². The van der Waals surface area contributed by atoms with E-state index in [-0.39, 0.29) is 0 Å². The van der Waals surface area contributed by atoms with Crippen molar-refractivity contribution < 1.29 is 76.8 Å². The molecule has 17 heteroatoms. The van der Waals surface area contributed by atoms with Crippen LogP contribution in [0.5, 0.6) is 0 Å². The molecule has 6 nitrogen and oxygen atoms in total. The number of halogens is 11. The Labute approximate surface area is 129 Å². The van der Waals surface area contributed by atoms with Gasteiger partial charge in [0, 0.05) is 0 Å². The van der Waals surface area contributed by atoms with Gasteiger partial charge in [0.15, 0.2) is 0 Å². The van der Waals surface area contributed by atoms with Gasteiger partial charge in [0.25, 0.3) is 0 Å². The largest absolute Gasteiger partial charge is 0.529 e. The number of rotatable bonds is 9. The van der Waals surface area contributed by atoms with Gasteiger partial charge in [0.2, 0.25) is 0 Å². The third-order valence-corrected chi connectivity index (χ3v) is 1.47. The van der Waals surface area contributed by atoms with Gasteiger partial charge in [-0.05, 0) is 6.92 Å². The van der Waals surface area contributed by atoms with E-state index < -0.39 is 43.9 Å². The Balaban J connectivity index is 5.04. The van der Waals surface area contributed by atoms with Crippen molar-refractivity contribution in [3.63, 3.8) is 0 Å². The normalized spacial score (nSPS) is 14.6. The van der Waals surface area contributed by atoms with Crippen LogP contribution in [0.15, 0.2) is 0 Å². The quantitative estimate of drug-likeness (QED) is 0.333. The van der Waals surface area contributed by atoms with E-state index >= 15 is 0 Å². The Hall–Kier alpha value is -1.46. The van der Waals surface area contributed by atoms with Gasteiger partial charge in [-0.2, -0.15) is 13.5 Å². The Morgan fingerprint density at radius 3 is 1.40 bits per heavy atom. The fourth-order valence-corrected chi connectivity index (χ4v) is 0.880. The highest BCUT2D eigenvalue weighted by molar-refractivity contribution is 5.75. The van der Waals surface area contributed by atoms with Gasteiger partial charge < -0.3 is 4.74 Å². The van der Waals surface area contributed by atoms with Crippen molar-refractivity contribution in [2.75, 3.05) is 6.61 Å². The summed E-state index contributed by atoms with van der Waals surface area (Å²) < 4.78 is 147. The first-order valence-electron chi connectivity index (χ1n) is 5.37. The molecule has 0 radical (unpaired) electrons. The summed E-state index contributed by atoms with van der Waals surface area (Å²) in [7, 11) is 0. The van der Waals surface area contributed by atoms with Crippen molar-refractivity contribution in [1.82, 2.24) is 0 Å². The van der Waals surface area contributed by atoms with Crippen LogP contribution >= 0.6 is 0 Å². The second kappa shape index (κ2) is 7.42. The maximum Gasteiger partial charge on any atom is 0.529 e. The molecule has 0 N–H and O–H groups in total. The van der Waals surface area contributed by atoms with Gasteiger partial charge in [-0.1, -0.05) is 0 Å². The molecule has 150 valence electrons. The maximum atomic E-state index is 12.8. The van der Waals surface area contributed by atoms with E-state index in [1.807, 2.05) is 9.47 Å². The van der Waals surface area contributed by atoms with Crippen LogP contribution in [0.25, 0.3) is 0 Å². The average Bonchev–Trinajstić information content (AvgIpc) is 2.19. The summed E-state index contributed by atoms with van der Waals surface area (Å²) in [6.07, 6.45) is -30.7.